The fourth-order valence-electron chi connectivity index (χ4n) is 4.44. The van der Waals surface area contributed by atoms with E-state index >= 15 is 0 Å². The number of β-amino-alcohol motifs (C(OH)–C–C–N with tert-alkyl or cyclic N) is 2. The van der Waals surface area contributed by atoms with E-state index in [1.807, 2.05) is 19.9 Å². The summed E-state index contributed by atoms with van der Waals surface area (Å²) in [6.45, 7) is 8.17. The van der Waals surface area contributed by atoms with Gasteiger partial charge in [-0.2, -0.15) is 5.26 Å². The Morgan fingerprint density at radius 3 is 2.41 bits per heavy atom. The SMILES string of the molecule is Cc1cc([C@@H](O)CN2CCN(C[C@H](O)c3ccc4c(c3C)COC4=O)CC2)ncc1C#N. The molecule has 2 N–H and O–H groups in total. The number of rotatable bonds is 6. The third-order valence-electron chi connectivity index (χ3n) is 6.49. The molecular formula is C24H28N4O4. The summed E-state index contributed by atoms with van der Waals surface area (Å²) in [5.41, 5.74) is 5.14. The number of carbonyl (C=O) groups excluding carboxylic acids is 1. The summed E-state index contributed by atoms with van der Waals surface area (Å²) >= 11 is 0. The van der Waals surface area contributed by atoms with Gasteiger partial charge in [-0.3, -0.25) is 14.8 Å². The van der Waals surface area contributed by atoms with Crippen molar-refractivity contribution in [2.24, 2.45) is 0 Å². The molecule has 3 heterocycles. The molecule has 1 aromatic heterocycles. The molecule has 1 saturated heterocycles. The number of piperazine rings is 1. The highest BCUT2D eigenvalue weighted by Crippen LogP contribution is 2.29. The molecule has 2 atom stereocenters. The van der Waals surface area contributed by atoms with Gasteiger partial charge < -0.3 is 14.9 Å². The van der Waals surface area contributed by atoms with Crippen LogP contribution in [0.4, 0.5) is 0 Å². The molecule has 0 bridgehead atoms. The Morgan fingerprint density at radius 1 is 1.12 bits per heavy atom. The van der Waals surface area contributed by atoms with Crippen LogP contribution in [0, 0.1) is 25.2 Å². The quantitative estimate of drug-likeness (QED) is 0.658. The van der Waals surface area contributed by atoms with Crippen LogP contribution in [0.25, 0.3) is 0 Å². The van der Waals surface area contributed by atoms with Gasteiger partial charge in [-0.1, -0.05) is 6.07 Å². The smallest absolute Gasteiger partial charge is 0.338 e. The highest BCUT2D eigenvalue weighted by molar-refractivity contribution is 5.93. The Balaban J connectivity index is 1.30. The normalized spacial score (nSPS) is 18.7. The lowest BCUT2D eigenvalue weighted by atomic mass is 9.95. The van der Waals surface area contributed by atoms with Crippen LogP contribution in [-0.4, -0.2) is 70.2 Å². The first-order chi connectivity index (χ1) is 15.4. The van der Waals surface area contributed by atoms with Crippen LogP contribution in [0.2, 0.25) is 0 Å². The van der Waals surface area contributed by atoms with Crippen molar-refractivity contribution in [3.63, 3.8) is 0 Å². The third-order valence-corrected chi connectivity index (χ3v) is 6.49. The van der Waals surface area contributed by atoms with Crippen LogP contribution >= 0.6 is 0 Å². The molecule has 0 aliphatic carbocycles. The number of ether oxygens (including phenoxy) is 1. The number of fused-ring (bicyclic) bond motifs is 1. The van der Waals surface area contributed by atoms with Crippen LogP contribution < -0.4 is 0 Å². The number of aliphatic hydroxyl groups is 2. The van der Waals surface area contributed by atoms with Crippen LogP contribution in [0.1, 0.15) is 56.1 Å². The van der Waals surface area contributed by atoms with Gasteiger partial charge in [0.05, 0.1) is 22.9 Å². The van der Waals surface area contributed by atoms with Crippen LogP contribution in [0.3, 0.4) is 0 Å². The number of aryl methyl sites for hydroxylation is 1. The zero-order valence-electron chi connectivity index (χ0n) is 18.4. The molecule has 2 aromatic rings. The summed E-state index contributed by atoms with van der Waals surface area (Å²) in [4.78, 5) is 20.4. The lowest BCUT2D eigenvalue weighted by Gasteiger charge is -2.36. The summed E-state index contributed by atoms with van der Waals surface area (Å²) in [6, 6.07) is 7.43. The van der Waals surface area contributed by atoms with Crippen LogP contribution in [0.15, 0.2) is 24.4 Å². The molecule has 0 spiro atoms. The highest BCUT2D eigenvalue weighted by atomic mass is 16.5. The van der Waals surface area contributed by atoms with Crippen LogP contribution in [-0.2, 0) is 11.3 Å². The Kier molecular flexibility index (Phi) is 6.53. The van der Waals surface area contributed by atoms with Gasteiger partial charge in [0.2, 0.25) is 0 Å². The van der Waals surface area contributed by atoms with E-state index in [1.165, 1.54) is 6.20 Å². The molecule has 4 rings (SSSR count). The van der Waals surface area contributed by atoms with Crippen molar-refractivity contribution >= 4 is 5.97 Å². The number of esters is 1. The van der Waals surface area contributed by atoms with E-state index < -0.39 is 12.2 Å². The van der Waals surface area contributed by atoms with Crippen molar-refractivity contribution in [1.29, 1.82) is 5.26 Å². The maximum Gasteiger partial charge on any atom is 0.338 e. The van der Waals surface area contributed by atoms with Gasteiger partial charge in [0, 0.05) is 51.0 Å². The summed E-state index contributed by atoms with van der Waals surface area (Å²) in [7, 11) is 0. The minimum Gasteiger partial charge on any atom is -0.457 e. The number of carbonyl (C=O) groups is 1. The third kappa shape index (κ3) is 4.52. The molecule has 0 amide bonds. The van der Waals surface area contributed by atoms with E-state index in [2.05, 4.69) is 20.9 Å². The highest BCUT2D eigenvalue weighted by Gasteiger charge is 2.27. The lowest BCUT2D eigenvalue weighted by molar-refractivity contribution is 0.0470. The van der Waals surface area contributed by atoms with Gasteiger partial charge in [0.15, 0.2) is 0 Å². The number of hydrogen-bond acceptors (Lipinski definition) is 8. The molecule has 168 valence electrons. The molecule has 1 fully saturated rings. The fourth-order valence-corrected chi connectivity index (χ4v) is 4.44. The first-order valence-electron chi connectivity index (χ1n) is 10.8. The average Bonchev–Trinajstić information content (AvgIpc) is 3.16. The zero-order chi connectivity index (χ0) is 22.8. The molecule has 1 aromatic carbocycles. The van der Waals surface area contributed by atoms with Crippen molar-refractivity contribution in [2.75, 3.05) is 39.3 Å². The Labute approximate surface area is 187 Å². The zero-order valence-corrected chi connectivity index (χ0v) is 18.4. The second-order valence-electron chi connectivity index (χ2n) is 8.55. The van der Waals surface area contributed by atoms with Crippen molar-refractivity contribution in [3.05, 3.63) is 63.5 Å². The second kappa shape index (κ2) is 9.35. The summed E-state index contributed by atoms with van der Waals surface area (Å²) in [5, 5.41) is 30.4. The van der Waals surface area contributed by atoms with Gasteiger partial charge in [-0.25, -0.2) is 4.79 Å². The van der Waals surface area contributed by atoms with E-state index in [0.29, 0.717) is 29.9 Å². The van der Waals surface area contributed by atoms with Gasteiger partial charge in [-0.05, 0) is 42.7 Å². The molecule has 2 aliphatic rings. The van der Waals surface area contributed by atoms with Gasteiger partial charge in [0.1, 0.15) is 18.8 Å². The minimum atomic E-state index is -0.711. The molecular weight excluding hydrogens is 408 g/mol. The van der Waals surface area contributed by atoms with E-state index in [9.17, 15) is 15.0 Å². The average molecular weight is 437 g/mol. The molecule has 0 saturated carbocycles. The standard InChI is InChI=1S/C24H28N4O4/c1-15-9-21(26-11-17(15)10-25)23(30)13-28-7-5-27(6-8-28)12-22(29)18-3-4-19-20(16(18)2)14-32-24(19)31/h3-4,9,11,22-23,29-30H,5-8,12-14H2,1-2H3/t22-,23-/m0/s1. The van der Waals surface area contributed by atoms with Crippen molar-refractivity contribution in [3.8, 4) is 6.07 Å². The topological polar surface area (TPSA) is 110 Å². The fraction of sp³-hybridized carbons (Fsp3) is 0.458. The van der Waals surface area contributed by atoms with Crippen molar-refractivity contribution in [1.82, 2.24) is 14.8 Å². The summed E-state index contributed by atoms with van der Waals surface area (Å²) in [5.74, 6) is -0.297. The van der Waals surface area contributed by atoms with E-state index in [1.54, 1.807) is 12.1 Å². The number of pyridine rings is 1. The van der Waals surface area contributed by atoms with Gasteiger partial charge in [0.25, 0.3) is 0 Å². The number of benzene rings is 1. The van der Waals surface area contributed by atoms with Crippen molar-refractivity contribution in [2.45, 2.75) is 32.7 Å². The maximum absolute atomic E-state index is 11.7. The van der Waals surface area contributed by atoms with Gasteiger partial charge in [-0.15, -0.1) is 0 Å². The van der Waals surface area contributed by atoms with E-state index in [4.69, 9.17) is 10.00 Å². The summed E-state index contributed by atoms with van der Waals surface area (Å²) < 4.78 is 5.11. The molecule has 0 radical (unpaired) electrons. The Bertz CT molecular complexity index is 1060. The number of aromatic nitrogens is 1. The Morgan fingerprint density at radius 2 is 1.78 bits per heavy atom. The molecule has 2 aliphatic heterocycles. The number of hydrogen-bond donors (Lipinski definition) is 2. The maximum atomic E-state index is 11.7. The number of nitrogens with zero attached hydrogens (tertiary/aromatic N) is 4. The predicted octanol–water partition coefficient (Wildman–Crippen LogP) is 1.63. The lowest BCUT2D eigenvalue weighted by Crippen LogP contribution is -2.48. The number of nitriles is 1. The number of cyclic esters (lactones) is 1. The molecule has 32 heavy (non-hydrogen) atoms. The molecule has 8 nitrogen and oxygen atoms in total. The minimum absolute atomic E-state index is 0.273. The van der Waals surface area contributed by atoms with Crippen molar-refractivity contribution < 1.29 is 19.7 Å². The van der Waals surface area contributed by atoms with Gasteiger partial charge >= 0.3 is 5.97 Å². The number of aliphatic hydroxyl groups excluding tert-OH is 2. The largest absolute Gasteiger partial charge is 0.457 e. The first kappa shape index (κ1) is 22.4. The van der Waals surface area contributed by atoms with E-state index in [-0.39, 0.29) is 12.6 Å². The van der Waals surface area contributed by atoms with E-state index in [0.717, 1.165) is 48.4 Å². The summed E-state index contributed by atoms with van der Waals surface area (Å²) in [6.07, 6.45) is 0.160. The van der Waals surface area contributed by atoms with Crippen LogP contribution in [0.5, 0.6) is 0 Å². The molecule has 0 unspecified atom stereocenters. The monoisotopic (exact) mass is 436 g/mol. The molecule has 8 heteroatoms. The first-order valence-corrected chi connectivity index (χ1v) is 10.8. The predicted molar refractivity (Wildman–Crippen MR) is 117 cm³/mol. The Hall–Kier alpha value is -2.83. The second-order valence-corrected chi connectivity index (χ2v) is 8.55.